The Morgan fingerprint density at radius 3 is 2.57 bits per heavy atom. The summed E-state index contributed by atoms with van der Waals surface area (Å²) in [4.78, 5) is 8.71. The molecule has 0 aliphatic heterocycles. The van der Waals surface area contributed by atoms with Crippen LogP contribution in [-0.4, -0.2) is 23.1 Å². The van der Waals surface area contributed by atoms with Crippen molar-refractivity contribution in [3.63, 3.8) is 0 Å². The van der Waals surface area contributed by atoms with Crippen LogP contribution in [0.4, 0.5) is 5.95 Å². The molecule has 1 heterocycles. The molecule has 0 fully saturated rings. The summed E-state index contributed by atoms with van der Waals surface area (Å²) >= 11 is 0. The van der Waals surface area contributed by atoms with Gasteiger partial charge in [-0.15, -0.1) is 0 Å². The Balaban J connectivity index is 2.21. The fourth-order valence-corrected chi connectivity index (χ4v) is 1.83. The summed E-state index contributed by atoms with van der Waals surface area (Å²) in [6.07, 6.45) is 1.01. The smallest absolute Gasteiger partial charge is 0.226 e. The highest BCUT2D eigenvalue weighted by Gasteiger charge is 2.08. The zero-order valence-electron chi connectivity index (χ0n) is 12.7. The number of aryl methyl sites for hydroxylation is 1. The summed E-state index contributed by atoms with van der Waals surface area (Å²) in [5, 5.41) is 3.17. The van der Waals surface area contributed by atoms with Gasteiger partial charge in [0.2, 0.25) is 11.8 Å². The molecule has 0 amide bonds. The van der Waals surface area contributed by atoms with Gasteiger partial charge in [0.25, 0.3) is 0 Å². The topological polar surface area (TPSA) is 56.3 Å². The predicted octanol–water partition coefficient (Wildman–Crippen LogP) is 3.80. The molecule has 0 aliphatic rings. The molecule has 112 valence electrons. The molecule has 0 radical (unpaired) electrons. The summed E-state index contributed by atoms with van der Waals surface area (Å²) in [5.41, 5.74) is 0.854. The normalized spacial score (nSPS) is 10.2. The van der Waals surface area contributed by atoms with Crippen LogP contribution in [0.3, 0.4) is 0 Å². The van der Waals surface area contributed by atoms with E-state index in [9.17, 15) is 0 Å². The van der Waals surface area contributed by atoms with Crippen molar-refractivity contribution in [2.75, 3.05) is 18.5 Å². The lowest BCUT2D eigenvalue weighted by atomic mass is 10.3. The molecule has 0 saturated carbocycles. The molecular weight excluding hydrogens is 266 g/mol. The number of hydrogen-bond donors (Lipinski definition) is 1. The fraction of sp³-hybridized carbons (Fsp3) is 0.375. The van der Waals surface area contributed by atoms with Crippen LogP contribution in [0, 0.1) is 6.92 Å². The van der Waals surface area contributed by atoms with E-state index < -0.39 is 0 Å². The minimum atomic E-state index is 0.508. The quantitative estimate of drug-likeness (QED) is 0.839. The van der Waals surface area contributed by atoms with Gasteiger partial charge < -0.3 is 14.8 Å². The van der Waals surface area contributed by atoms with Gasteiger partial charge in [-0.3, -0.25) is 0 Å². The molecule has 0 atom stereocenters. The van der Waals surface area contributed by atoms with E-state index >= 15 is 0 Å². The molecule has 0 saturated heterocycles. The van der Waals surface area contributed by atoms with E-state index in [1.807, 2.05) is 38.1 Å². The highest BCUT2D eigenvalue weighted by atomic mass is 16.5. The fourth-order valence-electron chi connectivity index (χ4n) is 1.83. The van der Waals surface area contributed by atoms with E-state index in [4.69, 9.17) is 9.47 Å². The molecule has 1 aromatic heterocycles. The largest absolute Gasteiger partial charge is 0.490 e. The van der Waals surface area contributed by atoms with Crippen molar-refractivity contribution in [3.05, 3.63) is 36.0 Å². The van der Waals surface area contributed by atoms with Gasteiger partial charge in [0.05, 0.1) is 6.61 Å². The number of rotatable bonds is 7. The lowest BCUT2D eigenvalue weighted by Gasteiger charge is -2.12. The lowest BCUT2D eigenvalue weighted by molar-refractivity contribution is 0.319. The predicted molar refractivity (Wildman–Crippen MR) is 83.2 cm³/mol. The van der Waals surface area contributed by atoms with Crippen molar-refractivity contribution in [2.45, 2.75) is 27.2 Å². The molecule has 1 aromatic carbocycles. The van der Waals surface area contributed by atoms with Gasteiger partial charge >= 0.3 is 0 Å². The van der Waals surface area contributed by atoms with Gasteiger partial charge in [-0.1, -0.05) is 19.1 Å². The number of anilines is 1. The summed E-state index contributed by atoms with van der Waals surface area (Å²) in [7, 11) is 0. The summed E-state index contributed by atoms with van der Waals surface area (Å²) in [6.45, 7) is 7.38. The third kappa shape index (κ3) is 4.34. The van der Waals surface area contributed by atoms with Gasteiger partial charge in [0.1, 0.15) is 0 Å². The summed E-state index contributed by atoms with van der Waals surface area (Å²) in [5.74, 6) is 2.45. The number of aromatic nitrogens is 2. The van der Waals surface area contributed by atoms with Crippen molar-refractivity contribution in [3.8, 4) is 17.4 Å². The SMILES string of the molecule is CCCNc1nc(C)cc(Oc2ccccc2OCC)n1. The molecule has 0 unspecified atom stereocenters. The Morgan fingerprint density at radius 1 is 1.10 bits per heavy atom. The average Bonchev–Trinajstić information content (AvgIpc) is 2.47. The zero-order valence-corrected chi connectivity index (χ0v) is 12.7. The number of nitrogens with one attached hydrogen (secondary N) is 1. The minimum Gasteiger partial charge on any atom is -0.490 e. The van der Waals surface area contributed by atoms with Crippen molar-refractivity contribution in [1.29, 1.82) is 0 Å². The van der Waals surface area contributed by atoms with Crippen LogP contribution in [0.15, 0.2) is 30.3 Å². The molecule has 21 heavy (non-hydrogen) atoms. The number of hydrogen-bond acceptors (Lipinski definition) is 5. The van der Waals surface area contributed by atoms with Gasteiger partial charge in [0.15, 0.2) is 11.5 Å². The Kier molecular flexibility index (Phi) is 5.37. The van der Waals surface area contributed by atoms with Crippen LogP contribution in [0.1, 0.15) is 26.0 Å². The molecule has 5 nitrogen and oxygen atoms in total. The van der Waals surface area contributed by atoms with Gasteiger partial charge in [-0.25, -0.2) is 4.98 Å². The van der Waals surface area contributed by atoms with Crippen LogP contribution < -0.4 is 14.8 Å². The number of para-hydroxylation sites is 2. The van der Waals surface area contributed by atoms with E-state index in [0.29, 0.717) is 29.9 Å². The maximum Gasteiger partial charge on any atom is 0.226 e. The Bertz CT molecular complexity index is 587. The molecule has 1 N–H and O–H groups in total. The average molecular weight is 287 g/mol. The second-order valence-corrected chi connectivity index (χ2v) is 4.58. The van der Waals surface area contributed by atoms with E-state index in [1.165, 1.54) is 0 Å². The second-order valence-electron chi connectivity index (χ2n) is 4.58. The maximum absolute atomic E-state index is 5.85. The zero-order chi connectivity index (χ0) is 15.1. The monoisotopic (exact) mass is 287 g/mol. The first-order valence-electron chi connectivity index (χ1n) is 7.22. The molecule has 2 aromatic rings. The molecular formula is C16H21N3O2. The highest BCUT2D eigenvalue weighted by molar-refractivity contribution is 5.42. The van der Waals surface area contributed by atoms with E-state index in [-0.39, 0.29) is 0 Å². The van der Waals surface area contributed by atoms with Crippen molar-refractivity contribution in [2.24, 2.45) is 0 Å². The van der Waals surface area contributed by atoms with Crippen LogP contribution in [0.5, 0.6) is 17.4 Å². The number of nitrogens with zero attached hydrogens (tertiary/aromatic N) is 2. The Labute approximate surface area is 125 Å². The third-order valence-electron chi connectivity index (χ3n) is 2.73. The number of ether oxygens (including phenoxy) is 2. The molecule has 5 heteroatoms. The van der Waals surface area contributed by atoms with Crippen LogP contribution in [-0.2, 0) is 0 Å². The van der Waals surface area contributed by atoms with Crippen LogP contribution in [0.25, 0.3) is 0 Å². The van der Waals surface area contributed by atoms with Gasteiger partial charge in [-0.2, -0.15) is 4.98 Å². The van der Waals surface area contributed by atoms with E-state index in [2.05, 4.69) is 22.2 Å². The molecule has 0 bridgehead atoms. The third-order valence-corrected chi connectivity index (χ3v) is 2.73. The van der Waals surface area contributed by atoms with Gasteiger partial charge in [-0.05, 0) is 32.4 Å². The first kappa shape index (κ1) is 15.1. The second kappa shape index (κ2) is 7.47. The Hall–Kier alpha value is -2.30. The first-order valence-corrected chi connectivity index (χ1v) is 7.22. The lowest BCUT2D eigenvalue weighted by Crippen LogP contribution is -2.06. The first-order chi connectivity index (χ1) is 10.2. The number of benzene rings is 1. The van der Waals surface area contributed by atoms with Crippen LogP contribution >= 0.6 is 0 Å². The summed E-state index contributed by atoms with van der Waals surface area (Å²) in [6, 6.07) is 9.37. The maximum atomic E-state index is 5.85. The molecule has 2 rings (SSSR count). The summed E-state index contributed by atoms with van der Waals surface area (Å²) < 4.78 is 11.4. The molecule has 0 aliphatic carbocycles. The molecule has 0 spiro atoms. The van der Waals surface area contributed by atoms with Crippen LogP contribution in [0.2, 0.25) is 0 Å². The van der Waals surface area contributed by atoms with E-state index in [1.54, 1.807) is 6.07 Å². The van der Waals surface area contributed by atoms with Crippen molar-refractivity contribution < 1.29 is 9.47 Å². The van der Waals surface area contributed by atoms with Crippen molar-refractivity contribution in [1.82, 2.24) is 9.97 Å². The highest BCUT2D eigenvalue weighted by Crippen LogP contribution is 2.30. The van der Waals surface area contributed by atoms with E-state index in [0.717, 1.165) is 18.7 Å². The van der Waals surface area contributed by atoms with Crippen molar-refractivity contribution >= 4 is 5.95 Å². The standard InChI is InChI=1S/C16H21N3O2/c1-4-10-17-16-18-12(3)11-15(19-16)21-14-9-7-6-8-13(14)20-5-2/h6-9,11H,4-5,10H2,1-3H3,(H,17,18,19). The minimum absolute atomic E-state index is 0.508. The van der Waals surface area contributed by atoms with Gasteiger partial charge in [0, 0.05) is 18.3 Å². The Morgan fingerprint density at radius 2 is 1.86 bits per heavy atom.